The standard InChI is InChI=1S/C11H15NO3/c1-12-6-10(13-2)8-4-3-5-9-11(8)15-7-14-9/h3-5,10,12H,6-7H2,1-2H3. The van der Waals surface area contributed by atoms with E-state index in [0.29, 0.717) is 6.79 Å². The summed E-state index contributed by atoms with van der Waals surface area (Å²) < 4.78 is 16.1. The lowest BCUT2D eigenvalue weighted by molar-refractivity contribution is 0.100. The van der Waals surface area contributed by atoms with Crippen molar-refractivity contribution in [1.82, 2.24) is 5.32 Å². The molecule has 0 saturated carbocycles. The first-order valence-electron chi connectivity index (χ1n) is 4.92. The van der Waals surface area contributed by atoms with Gasteiger partial charge >= 0.3 is 0 Å². The number of hydrogen-bond acceptors (Lipinski definition) is 4. The highest BCUT2D eigenvalue weighted by molar-refractivity contribution is 5.49. The molecule has 1 atom stereocenters. The van der Waals surface area contributed by atoms with Crippen LogP contribution in [0.4, 0.5) is 0 Å². The molecule has 4 nitrogen and oxygen atoms in total. The van der Waals surface area contributed by atoms with Gasteiger partial charge in [0.2, 0.25) is 6.79 Å². The normalized spacial score (nSPS) is 15.3. The minimum Gasteiger partial charge on any atom is -0.454 e. The summed E-state index contributed by atoms with van der Waals surface area (Å²) in [5.41, 5.74) is 1.03. The topological polar surface area (TPSA) is 39.7 Å². The lowest BCUT2D eigenvalue weighted by Crippen LogP contribution is -2.18. The molecule has 1 unspecified atom stereocenters. The first kappa shape index (κ1) is 10.3. The van der Waals surface area contributed by atoms with Gasteiger partial charge in [-0.2, -0.15) is 0 Å². The minimum absolute atomic E-state index is 0.00773. The van der Waals surface area contributed by atoms with Crippen LogP contribution < -0.4 is 14.8 Å². The molecule has 1 N–H and O–H groups in total. The summed E-state index contributed by atoms with van der Waals surface area (Å²) in [4.78, 5) is 0. The van der Waals surface area contributed by atoms with E-state index in [1.54, 1.807) is 7.11 Å². The van der Waals surface area contributed by atoms with Gasteiger partial charge in [-0.25, -0.2) is 0 Å². The molecule has 0 aromatic heterocycles. The molecular weight excluding hydrogens is 194 g/mol. The Balaban J connectivity index is 2.30. The quantitative estimate of drug-likeness (QED) is 0.812. The summed E-state index contributed by atoms with van der Waals surface area (Å²) in [6, 6.07) is 5.85. The van der Waals surface area contributed by atoms with Crippen LogP contribution in [0.3, 0.4) is 0 Å². The third-order valence-electron chi connectivity index (χ3n) is 2.45. The number of fused-ring (bicyclic) bond motifs is 1. The highest BCUT2D eigenvalue weighted by atomic mass is 16.7. The van der Waals surface area contributed by atoms with Crippen molar-refractivity contribution in [1.29, 1.82) is 0 Å². The van der Waals surface area contributed by atoms with Crippen LogP contribution in [-0.4, -0.2) is 27.5 Å². The first-order valence-corrected chi connectivity index (χ1v) is 4.92. The number of methoxy groups -OCH3 is 1. The van der Waals surface area contributed by atoms with Crippen LogP contribution in [0.25, 0.3) is 0 Å². The monoisotopic (exact) mass is 209 g/mol. The third-order valence-corrected chi connectivity index (χ3v) is 2.45. The van der Waals surface area contributed by atoms with Crippen molar-refractivity contribution >= 4 is 0 Å². The van der Waals surface area contributed by atoms with E-state index < -0.39 is 0 Å². The van der Waals surface area contributed by atoms with E-state index in [2.05, 4.69) is 5.32 Å². The van der Waals surface area contributed by atoms with Crippen LogP contribution in [0.5, 0.6) is 11.5 Å². The minimum atomic E-state index is -0.00773. The molecule has 82 valence electrons. The fourth-order valence-corrected chi connectivity index (χ4v) is 1.71. The van der Waals surface area contributed by atoms with Crippen molar-refractivity contribution < 1.29 is 14.2 Å². The summed E-state index contributed by atoms with van der Waals surface area (Å²) in [7, 11) is 3.59. The Kier molecular flexibility index (Phi) is 3.08. The van der Waals surface area contributed by atoms with Crippen molar-refractivity contribution in [2.24, 2.45) is 0 Å². The molecule has 4 heteroatoms. The van der Waals surface area contributed by atoms with Gasteiger partial charge in [0.05, 0.1) is 6.10 Å². The second-order valence-corrected chi connectivity index (χ2v) is 3.36. The summed E-state index contributed by atoms with van der Waals surface area (Å²) in [5.74, 6) is 1.60. The molecule has 0 radical (unpaired) electrons. The Bertz CT molecular complexity index is 341. The number of nitrogens with one attached hydrogen (secondary N) is 1. The van der Waals surface area contributed by atoms with Crippen molar-refractivity contribution in [2.75, 3.05) is 27.5 Å². The van der Waals surface area contributed by atoms with Crippen LogP contribution in [0.1, 0.15) is 11.7 Å². The maximum absolute atomic E-state index is 5.43. The number of rotatable bonds is 4. The van der Waals surface area contributed by atoms with Crippen LogP contribution in [0.2, 0.25) is 0 Å². The predicted molar refractivity (Wildman–Crippen MR) is 56.2 cm³/mol. The molecule has 0 saturated heterocycles. The van der Waals surface area contributed by atoms with E-state index in [1.807, 2.05) is 25.2 Å². The molecule has 0 spiro atoms. The smallest absolute Gasteiger partial charge is 0.231 e. The fraction of sp³-hybridized carbons (Fsp3) is 0.455. The molecular formula is C11H15NO3. The zero-order chi connectivity index (χ0) is 10.7. The van der Waals surface area contributed by atoms with Gasteiger partial charge in [-0.05, 0) is 13.1 Å². The second kappa shape index (κ2) is 4.51. The number of ether oxygens (including phenoxy) is 3. The number of para-hydroxylation sites is 1. The summed E-state index contributed by atoms with van der Waals surface area (Å²) in [6.07, 6.45) is -0.00773. The van der Waals surface area contributed by atoms with Gasteiger partial charge in [0.1, 0.15) is 0 Å². The largest absolute Gasteiger partial charge is 0.454 e. The summed E-state index contributed by atoms with van der Waals surface area (Å²) in [6.45, 7) is 1.04. The highest BCUT2D eigenvalue weighted by Crippen LogP contribution is 2.38. The van der Waals surface area contributed by atoms with Gasteiger partial charge in [-0.1, -0.05) is 12.1 Å². The molecule has 0 fully saturated rings. The van der Waals surface area contributed by atoms with Gasteiger partial charge in [0.25, 0.3) is 0 Å². The maximum Gasteiger partial charge on any atom is 0.231 e. The highest BCUT2D eigenvalue weighted by Gasteiger charge is 2.22. The lowest BCUT2D eigenvalue weighted by atomic mass is 10.1. The molecule has 15 heavy (non-hydrogen) atoms. The Morgan fingerprint density at radius 2 is 2.33 bits per heavy atom. The van der Waals surface area contributed by atoms with Gasteiger partial charge in [0.15, 0.2) is 11.5 Å². The average Bonchev–Trinajstić information content (AvgIpc) is 2.73. The number of benzene rings is 1. The Hall–Kier alpha value is -1.26. The van der Waals surface area contributed by atoms with Crippen LogP contribution >= 0.6 is 0 Å². The number of likely N-dealkylation sites (N-methyl/N-ethyl adjacent to an activating group) is 1. The molecule has 0 amide bonds. The van der Waals surface area contributed by atoms with Gasteiger partial charge in [-0.3, -0.25) is 0 Å². The maximum atomic E-state index is 5.43. The van der Waals surface area contributed by atoms with Crippen molar-refractivity contribution in [2.45, 2.75) is 6.10 Å². The van der Waals surface area contributed by atoms with E-state index >= 15 is 0 Å². The van der Waals surface area contributed by atoms with Crippen LogP contribution in [0, 0.1) is 0 Å². The molecule has 0 bridgehead atoms. The second-order valence-electron chi connectivity index (χ2n) is 3.36. The molecule has 1 aliphatic heterocycles. The van der Waals surface area contributed by atoms with Crippen molar-refractivity contribution in [3.63, 3.8) is 0 Å². The molecule has 1 aliphatic rings. The third kappa shape index (κ3) is 1.91. The molecule has 1 heterocycles. The van der Waals surface area contributed by atoms with Crippen molar-refractivity contribution in [3.8, 4) is 11.5 Å². The fourth-order valence-electron chi connectivity index (χ4n) is 1.71. The molecule has 1 aromatic rings. The average molecular weight is 209 g/mol. The zero-order valence-corrected chi connectivity index (χ0v) is 8.95. The van der Waals surface area contributed by atoms with E-state index in [0.717, 1.165) is 23.6 Å². The van der Waals surface area contributed by atoms with E-state index in [-0.39, 0.29) is 6.10 Å². The van der Waals surface area contributed by atoms with E-state index in [9.17, 15) is 0 Å². The van der Waals surface area contributed by atoms with E-state index in [4.69, 9.17) is 14.2 Å². The zero-order valence-electron chi connectivity index (χ0n) is 8.95. The molecule has 2 rings (SSSR count). The van der Waals surface area contributed by atoms with Crippen LogP contribution in [-0.2, 0) is 4.74 Å². The first-order chi connectivity index (χ1) is 7.36. The summed E-state index contributed by atoms with van der Waals surface area (Å²) in [5, 5.41) is 3.09. The number of hydrogen-bond donors (Lipinski definition) is 1. The Morgan fingerprint density at radius 1 is 1.47 bits per heavy atom. The molecule has 1 aromatic carbocycles. The predicted octanol–water partition coefficient (Wildman–Crippen LogP) is 1.32. The van der Waals surface area contributed by atoms with Gasteiger partial charge in [-0.15, -0.1) is 0 Å². The van der Waals surface area contributed by atoms with Crippen molar-refractivity contribution in [3.05, 3.63) is 23.8 Å². The van der Waals surface area contributed by atoms with Crippen LogP contribution in [0.15, 0.2) is 18.2 Å². The SMILES string of the molecule is CNCC(OC)c1cccc2c1OCO2. The lowest BCUT2D eigenvalue weighted by Gasteiger charge is -2.16. The van der Waals surface area contributed by atoms with E-state index in [1.165, 1.54) is 0 Å². The Labute approximate surface area is 89.1 Å². The van der Waals surface area contributed by atoms with Gasteiger partial charge in [0, 0.05) is 19.2 Å². The van der Waals surface area contributed by atoms with Gasteiger partial charge < -0.3 is 19.5 Å². The Morgan fingerprint density at radius 3 is 3.07 bits per heavy atom. The summed E-state index contributed by atoms with van der Waals surface area (Å²) >= 11 is 0. The molecule has 0 aliphatic carbocycles.